The Morgan fingerprint density at radius 3 is 2.64 bits per heavy atom. The lowest BCUT2D eigenvalue weighted by Gasteiger charge is -2.00. The molecular formula is C6H8ClNO2S. The molecule has 11 heavy (non-hydrogen) atoms. The van der Waals surface area contributed by atoms with Gasteiger partial charge in [-0.15, -0.1) is 0 Å². The van der Waals surface area contributed by atoms with E-state index in [1.165, 1.54) is 6.07 Å². The zero-order valence-corrected chi connectivity index (χ0v) is 7.56. The van der Waals surface area contributed by atoms with E-state index in [-0.39, 0.29) is 5.03 Å². The second-order valence-electron chi connectivity index (χ2n) is 2.07. The number of hydrogen-bond donors (Lipinski definition) is 0. The molecule has 62 valence electrons. The fourth-order valence-corrected chi connectivity index (χ4v) is 2.01. The summed E-state index contributed by atoms with van der Waals surface area (Å²) in [5.41, 5.74) is 0. The van der Waals surface area contributed by atoms with Crippen LogP contribution in [0, 0.1) is 0 Å². The summed E-state index contributed by atoms with van der Waals surface area (Å²) in [6, 6.07) is 3.13. The van der Waals surface area contributed by atoms with Crippen molar-refractivity contribution < 1.29 is 8.42 Å². The van der Waals surface area contributed by atoms with E-state index in [9.17, 15) is 8.42 Å². The van der Waals surface area contributed by atoms with Gasteiger partial charge in [-0.2, -0.15) is 0 Å². The second kappa shape index (κ2) is 2.87. The zero-order chi connectivity index (χ0) is 8.48. The molecule has 0 bridgehead atoms. The van der Waals surface area contributed by atoms with Crippen LogP contribution >= 0.6 is 10.7 Å². The van der Waals surface area contributed by atoms with Gasteiger partial charge in [-0.1, -0.05) is 0 Å². The van der Waals surface area contributed by atoms with Crippen LogP contribution in [0.2, 0.25) is 0 Å². The zero-order valence-electron chi connectivity index (χ0n) is 5.99. The summed E-state index contributed by atoms with van der Waals surface area (Å²) < 4.78 is 23.2. The summed E-state index contributed by atoms with van der Waals surface area (Å²) in [7, 11) is 1.57. The highest BCUT2D eigenvalue weighted by Gasteiger charge is 2.13. The molecule has 0 saturated carbocycles. The Bertz CT molecular complexity index is 341. The molecule has 0 amide bonds. The molecule has 0 aliphatic carbocycles. The van der Waals surface area contributed by atoms with Gasteiger partial charge in [0, 0.05) is 23.4 Å². The van der Waals surface area contributed by atoms with Gasteiger partial charge >= 0.3 is 0 Å². The Kier molecular flexibility index (Phi) is 2.25. The molecule has 3 nitrogen and oxygen atoms in total. The van der Waals surface area contributed by atoms with Crippen LogP contribution in [0.25, 0.3) is 0 Å². The van der Waals surface area contributed by atoms with Crippen molar-refractivity contribution in [1.82, 2.24) is 4.57 Å². The SMILES string of the molecule is CCn1cccc1S(=O)(=O)Cl. The Balaban J connectivity index is 3.24. The lowest BCUT2D eigenvalue weighted by Crippen LogP contribution is -2.01. The minimum absolute atomic E-state index is 0.154. The molecule has 0 aromatic carbocycles. The topological polar surface area (TPSA) is 39.1 Å². The van der Waals surface area contributed by atoms with Crippen molar-refractivity contribution in [2.45, 2.75) is 18.5 Å². The van der Waals surface area contributed by atoms with E-state index in [0.29, 0.717) is 6.54 Å². The first-order valence-electron chi connectivity index (χ1n) is 3.15. The predicted octanol–water partition coefficient (Wildman–Crippen LogP) is 1.44. The van der Waals surface area contributed by atoms with E-state index in [4.69, 9.17) is 10.7 Å². The first-order chi connectivity index (χ1) is 5.05. The number of aryl methyl sites for hydroxylation is 1. The van der Waals surface area contributed by atoms with Gasteiger partial charge in [-0.3, -0.25) is 0 Å². The molecular weight excluding hydrogens is 186 g/mol. The van der Waals surface area contributed by atoms with Crippen LogP contribution in [-0.4, -0.2) is 13.0 Å². The van der Waals surface area contributed by atoms with Crippen LogP contribution in [0.1, 0.15) is 6.92 Å². The van der Waals surface area contributed by atoms with E-state index in [0.717, 1.165) is 0 Å². The predicted molar refractivity (Wildman–Crippen MR) is 43.1 cm³/mol. The molecule has 0 unspecified atom stereocenters. The Morgan fingerprint density at radius 1 is 1.64 bits per heavy atom. The first kappa shape index (κ1) is 8.62. The second-order valence-corrected chi connectivity index (χ2v) is 4.58. The van der Waals surface area contributed by atoms with Crippen molar-refractivity contribution in [2.24, 2.45) is 0 Å². The maximum Gasteiger partial charge on any atom is 0.276 e. The third kappa shape index (κ3) is 1.75. The molecule has 5 heteroatoms. The Hall–Kier alpha value is -0.480. The summed E-state index contributed by atoms with van der Waals surface area (Å²) in [4.78, 5) is 0. The molecule has 0 aliphatic rings. The van der Waals surface area contributed by atoms with Gasteiger partial charge in [-0.05, 0) is 19.1 Å². The monoisotopic (exact) mass is 193 g/mol. The van der Waals surface area contributed by atoms with E-state index >= 15 is 0 Å². The number of hydrogen-bond acceptors (Lipinski definition) is 2. The third-order valence-corrected chi connectivity index (χ3v) is 2.72. The van der Waals surface area contributed by atoms with Crippen molar-refractivity contribution in [1.29, 1.82) is 0 Å². The van der Waals surface area contributed by atoms with Gasteiger partial charge < -0.3 is 4.57 Å². The molecule has 1 rings (SSSR count). The smallest absolute Gasteiger partial charge is 0.276 e. The van der Waals surface area contributed by atoms with Gasteiger partial charge in [-0.25, -0.2) is 8.42 Å². The van der Waals surface area contributed by atoms with Gasteiger partial charge in [0.15, 0.2) is 5.03 Å². The Labute approximate surface area is 70.0 Å². The van der Waals surface area contributed by atoms with E-state index in [1.54, 1.807) is 16.8 Å². The van der Waals surface area contributed by atoms with Gasteiger partial charge in [0.1, 0.15) is 0 Å². The fraction of sp³-hybridized carbons (Fsp3) is 0.333. The largest absolute Gasteiger partial charge is 0.338 e. The minimum Gasteiger partial charge on any atom is -0.338 e. The minimum atomic E-state index is -3.57. The fourth-order valence-electron chi connectivity index (χ4n) is 0.881. The quantitative estimate of drug-likeness (QED) is 0.667. The van der Waals surface area contributed by atoms with Crippen LogP contribution in [0.4, 0.5) is 0 Å². The van der Waals surface area contributed by atoms with Crippen LogP contribution in [0.5, 0.6) is 0 Å². The molecule has 1 heterocycles. The van der Waals surface area contributed by atoms with Gasteiger partial charge in [0.25, 0.3) is 9.05 Å². The van der Waals surface area contributed by atoms with E-state index < -0.39 is 9.05 Å². The summed E-state index contributed by atoms with van der Waals surface area (Å²) in [6.45, 7) is 2.46. The molecule has 0 fully saturated rings. The maximum absolute atomic E-state index is 10.8. The standard InChI is InChI=1S/C6H8ClNO2S/c1-2-8-5-3-4-6(8)11(7,9)10/h3-5H,2H2,1H3. The summed E-state index contributed by atoms with van der Waals surface area (Å²) in [5, 5.41) is 0.154. The molecule has 0 atom stereocenters. The molecule has 0 spiro atoms. The van der Waals surface area contributed by atoms with Crippen LogP contribution < -0.4 is 0 Å². The molecule has 0 aliphatic heterocycles. The highest BCUT2D eigenvalue weighted by molar-refractivity contribution is 8.13. The molecule has 1 aromatic rings. The van der Waals surface area contributed by atoms with E-state index in [1.807, 2.05) is 6.92 Å². The van der Waals surface area contributed by atoms with Crippen molar-refractivity contribution in [3.63, 3.8) is 0 Å². The summed E-state index contributed by atoms with van der Waals surface area (Å²) in [6.07, 6.45) is 1.68. The van der Waals surface area contributed by atoms with Gasteiger partial charge in [0.05, 0.1) is 0 Å². The number of nitrogens with zero attached hydrogens (tertiary/aromatic N) is 1. The van der Waals surface area contributed by atoms with Crippen molar-refractivity contribution in [3.05, 3.63) is 18.3 Å². The van der Waals surface area contributed by atoms with Crippen molar-refractivity contribution >= 4 is 19.7 Å². The molecule has 0 saturated heterocycles. The summed E-state index contributed by atoms with van der Waals surface area (Å²) >= 11 is 0. The molecule has 0 radical (unpaired) electrons. The maximum atomic E-state index is 10.8. The number of halogens is 1. The average molecular weight is 194 g/mol. The number of rotatable bonds is 2. The first-order valence-corrected chi connectivity index (χ1v) is 5.46. The van der Waals surface area contributed by atoms with Crippen LogP contribution in [0.15, 0.2) is 23.4 Å². The highest BCUT2D eigenvalue weighted by atomic mass is 35.7. The average Bonchev–Trinajstić information content (AvgIpc) is 2.31. The highest BCUT2D eigenvalue weighted by Crippen LogP contribution is 2.14. The van der Waals surface area contributed by atoms with E-state index in [2.05, 4.69) is 0 Å². The van der Waals surface area contributed by atoms with Crippen LogP contribution in [-0.2, 0) is 15.6 Å². The lowest BCUT2D eigenvalue weighted by atomic mass is 10.7. The van der Waals surface area contributed by atoms with Crippen LogP contribution in [0.3, 0.4) is 0 Å². The molecule has 1 aromatic heterocycles. The third-order valence-electron chi connectivity index (χ3n) is 1.38. The Morgan fingerprint density at radius 2 is 2.27 bits per heavy atom. The summed E-state index contributed by atoms with van der Waals surface area (Å²) in [5.74, 6) is 0. The molecule has 0 N–H and O–H groups in total. The van der Waals surface area contributed by atoms with Gasteiger partial charge in [0.2, 0.25) is 0 Å². The normalized spacial score (nSPS) is 11.8. The number of aromatic nitrogens is 1. The lowest BCUT2D eigenvalue weighted by molar-refractivity contribution is 0.591. The van der Waals surface area contributed by atoms with Crippen molar-refractivity contribution in [2.75, 3.05) is 0 Å². The van der Waals surface area contributed by atoms with Crippen molar-refractivity contribution in [3.8, 4) is 0 Å².